The zero-order valence-corrected chi connectivity index (χ0v) is 12.3. The van der Waals surface area contributed by atoms with Crippen molar-refractivity contribution in [2.75, 3.05) is 31.6 Å². The molecule has 0 bridgehead atoms. The summed E-state index contributed by atoms with van der Waals surface area (Å²) in [5, 5.41) is 2.89. The second-order valence-electron chi connectivity index (χ2n) is 5.03. The Morgan fingerprint density at radius 2 is 2.35 bits per heavy atom. The number of hydrogen-bond acceptors (Lipinski definition) is 5. The van der Waals surface area contributed by atoms with E-state index in [9.17, 15) is 4.79 Å². The standard InChI is InChI=1S/C14H22N4O2/c1-4-15-13(19)11-6-5-7-18(9-11)14-16-10(2)8-12(17-14)20-3/h8,11H,4-7,9H2,1-3H3,(H,15,19)/t11-/m0/s1. The molecule has 1 aliphatic heterocycles. The number of ether oxygens (including phenoxy) is 1. The van der Waals surface area contributed by atoms with Gasteiger partial charge in [-0.3, -0.25) is 4.79 Å². The number of amides is 1. The molecular weight excluding hydrogens is 256 g/mol. The number of piperidine rings is 1. The number of carbonyl (C=O) groups is 1. The smallest absolute Gasteiger partial charge is 0.228 e. The lowest BCUT2D eigenvalue weighted by Crippen LogP contribution is -2.43. The first-order valence-electron chi connectivity index (χ1n) is 7.06. The lowest BCUT2D eigenvalue weighted by atomic mass is 9.97. The Bertz CT molecular complexity index is 478. The number of carbonyl (C=O) groups excluding carboxylic acids is 1. The molecule has 6 heteroatoms. The van der Waals surface area contributed by atoms with Gasteiger partial charge in [0.1, 0.15) is 0 Å². The van der Waals surface area contributed by atoms with Gasteiger partial charge in [0.15, 0.2) is 0 Å². The Labute approximate surface area is 119 Å². The van der Waals surface area contributed by atoms with Gasteiger partial charge in [0.25, 0.3) is 0 Å². The lowest BCUT2D eigenvalue weighted by Gasteiger charge is -2.32. The van der Waals surface area contributed by atoms with Gasteiger partial charge < -0.3 is 15.0 Å². The summed E-state index contributed by atoms with van der Waals surface area (Å²) in [5.41, 5.74) is 0.868. The second-order valence-corrected chi connectivity index (χ2v) is 5.03. The summed E-state index contributed by atoms with van der Waals surface area (Å²) >= 11 is 0. The number of rotatable bonds is 4. The van der Waals surface area contributed by atoms with Crippen molar-refractivity contribution in [1.29, 1.82) is 0 Å². The van der Waals surface area contributed by atoms with Crippen LogP contribution in [0.5, 0.6) is 5.88 Å². The number of nitrogens with one attached hydrogen (secondary N) is 1. The monoisotopic (exact) mass is 278 g/mol. The Kier molecular flexibility index (Phi) is 4.76. The minimum atomic E-state index is 0.0128. The highest BCUT2D eigenvalue weighted by Gasteiger charge is 2.27. The third-order valence-corrected chi connectivity index (χ3v) is 3.45. The predicted octanol–water partition coefficient (Wildman–Crippen LogP) is 1.15. The van der Waals surface area contributed by atoms with E-state index in [1.54, 1.807) is 13.2 Å². The van der Waals surface area contributed by atoms with Crippen molar-refractivity contribution in [3.05, 3.63) is 11.8 Å². The first-order valence-corrected chi connectivity index (χ1v) is 7.06. The minimum Gasteiger partial charge on any atom is -0.481 e. The summed E-state index contributed by atoms with van der Waals surface area (Å²) in [6.07, 6.45) is 1.90. The summed E-state index contributed by atoms with van der Waals surface area (Å²) in [7, 11) is 1.60. The first kappa shape index (κ1) is 14.6. The van der Waals surface area contributed by atoms with Gasteiger partial charge in [0.2, 0.25) is 17.7 Å². The van der Waals surface area contributed by atoms with E-state index < -0.39 is 0 Å². The van der Waals surface area contributed by atoms with Crippen LogP contribution in [0, 0.1) is 12.8 Å². The molecule has 1 amide bonds. The van der Waals surface area contributed by atoms with Gasteiger partial charge in [-0.1, -0.05) is 0 Å². The number of aryl methyl sites for hydroxylation is 1. The van der Waals surface area contributed by atoms with Gasteiger partial charge in [-0.05, 0) is 26.7 Å². The van der Waals surface area contributed by atoms with Crippen molar-refractivity contribution in [2.45, 2.75) is 26.7 Å². The summed E-state index contributed by atoms with van der Waals surface area (Å²) in [6, 6.07) is 1.80. The highest BCUT2D eigenvalue weighted by molar-refractivity contribution is 5.79. The minimum absolute atomic E-state index is 0.0128. The van der Waals surface area contributed by atoms with Crippen LogP contribution in [-0.2, 0) is 4.79 Å². The fourth-order valence-corrected chi connectivity index (χ4v) is 2.46. The first-order chi connectivity index (χ1) is 9.63. The summed E-state index contributed by atoms with van der Waals surface area (Å²) in [6.45, 7) is 6.07. The Morgan fingerprint density at radius 1 is 1.55 bits per heavy atom. The maximum absolute atomic E-state index is 12.0. The molecule has 0 aromatic carbocycles. The molecule has 0 saturated carbocycles. The van der Waals surface area contributed by atoms with Gasteiger partial charge >= 0.3 is 0 Å². The van der Waals surface area contributed by atoms with Gasteiger partial charge in [-0.2, -0.15) is 4.98 Å². The average Bonchev–Trinajstić information content (AvgIpc) is 2.47. The van der Waals surface area contributed by atoms with Crippen LogP contribution in [0.3, 0.4) is 0 Å². The van der Waals surface area contributed by atoms with E-state index in [0.717, 1.165) is 25.1 Å². The number of aromatic nitrogens is 2. The molecule has 1 atom stereocenters. The van der Waals surface area contributed by atoms with Crippen LogP contribution in [0.25, 0.3) is 0 Å². The van der Waals surface area contributed by atoms with E-state index >= 15 is 0 Å². The fourth-order valence-electron chi connectivity index (χ4n) is 2.46. The molecule has 1 N–H and O–H groups in total. The number of nitrogens with zero attached hydrogens (tertiary/aromatic N) is 3. The third kappa shape index (κ3) is 3.37. The van der Waals surface area contributed by atoms with Crippen LogP contribution in [-0.4, -0.2) is 42.6 Å². The molecule has 1 fully saturated rings. The van der Waals surface area contributed by atoms with E-state index in [1.807, 2.05) is 13.8 Å². The van der Waals surface area contributed by atoms with E-state index in [0.29, 0.717) is 24.9 Å². The fraction of sp³-hybridized carbons (Fsp3) is 0.643. The Balaban J connectivity index is 2.12. The molecule has 1 aliphatic rings. The third-order valence-electron chi connectivity index (χ3n) is 3.45. The SMILES string of the molecule is CCNC(=O)[C@H]1CCCN(c2nc(C)cc(OC)n2)C1. The quantitative estimate of drug-likeness (QED) is 0.894. The Hall–Kier alpha value is -1.85. The molecule has 1 aromatic heterocycles. The number of methoxy groups -OCH3 is 1. The molecule has 0 radical (unpaired) electrons. The van der Waals surface area contributed by atoms with E-state index in [4.69, 9.17) is 4.74 Å². The van der Waals surface area contributed by atoms with Crippen molar-refractivity contribution in [2.24, 2.45) is 5.92 Å². The van der Waals surface area contributed by atoms with Crippen molar-refractivity contribution in [3.63, 3.8) is 0 Å². The normalized spacial score (nSPS) is 18.8. The average molecular weight is 278 g/mol. The number of anilines is 1. The van der Waals surface area contributed by atoms with Gasteiger partial charge in [0.05, 0.1) is 13.0 Å². The highest BCUT2D eigenvalue weighted by atomic mass is 16.5. The van der Waals surface area contributed by atoms with Crippen molar-refractivity contribution in [1.82, 2.24) is 15.3 Å². The second kappa shape index (κ2) is 6.54. The van der Waals surface area contributed by atoms with Gasteiger partial charge in [-0.25, -0.2) is 4.98 Å². The molecule has 6 nitrogen and oxygen atoms in total. The summed E-state index contributed by atoms with van der Waals surface area (Å²) < 4.78 is 5.18. The molecule has 0 unspecified atom stereocenters. The van der Waals surface area contributed by atoms with Crippen molar-refractivity contribution < 1.29 is 9.53 Å². The van der Waals surface area contributed by atoms with Gasteiger partial charge in [-0.15, -0.1) is 0 Å². The molecule has 1 aromatic rings. The molecule has 110 valence electrons. The van der Waals surface area contributed by atoms with Crippen molar-refractivity contribution in [3.8, 4) is 5.88 Å². The molecular formula is C14H22N4O2. The molecule has 1 saturated heterocycles. The summed E-state index contributed by atoms with van der Waals surface area (Å²) in [4.78, 5) is 22.9. The predicted molar refractivity (Wildman–Crippen MR) is 76.9 cm³/mol. The van der Waals surface area contributed by atoms with E-state index in [2.05, 4.69) is 20.2 Å². The lowest BCUT2D eigenvalue weighted by molar-refractivity contribution is -0.125. The van der Waals surface area contributed by atoms with Gasteiger partial charge in [0, 0.05) is 31.4 Å². The van der Waals surface area contributed by atoms with Crippen LogP contribution in [0.2, 0.25) is 0 Å². The van der Waals surface area contributed by atoms with Crippen LogP contribution in [0.4, 0.5) is 5.95 Å². The maximum atomic E-state index is 12.0. The molecule has 2 rings (SSSR count). The zero-order valence-electron chi connectivity index (χ0n) is 12.3. The molecule has 0 spiro atoms. The summed E-state index contributed by atoms with van der Waals surface area (Å²) in [5.74, 6) is 1.35. The van der Waals surface area contributed by atoms with Crippen LogP contribution >= 0.6 is 0 Å². The maximum Gasteiger partial charge on any atom is 0.228 e. The van der Waals surface area contributed by atoms with Crippen LogP contribution < -0.4 is 15.0 Å². The zero-order chi connectivity index (χ0) is 14.5. The largest absolute Gasteiger partial charge is 0.481 e. The Morgan fingerprint density at radius 3 is 3.05 bits per heavy atom. The molecule has 0 aliphatic carbocycles. The topological polar surface area (TPSA) is 67.4 Å². The van der Waals surface area contributed by atoms with E-state index in [1.165, 1.54) is 0 Å². The van der Waals surface area contributed by atoms with Crippen LogP contribution in [0.1, 0.15) is 25.5 Å². The molecule has 2 heterocycles. The number of hydrogen-bond donors (Lipinski definition) is 1. The van der Waals surface area contributed by atoms with Crippen molar-refractivity contribution >= 4 is 11.9 Å². The molecule has 20 heavy (non-hydrogen) atoms. The van der Waals surface area contributed by atoms with Crippen LogP contribution in [0.15, 0.2) is 6.07 Å². The van der Waals surface area contributed by atoms with E-state index in [-0.39, 0.29) is 11.8 Å². The highest BCUT2D eigenvalue weighted by Crippen LogP contribution is 2.22.